The molecular weight excluding hydrogens is 392 g/mol. The Morgan fingerprint density at radius 1 is 1.00 bits per heavy atom. The molecule has 0 fully saturated rings. The van der Waals surface area contributed by atoms with Crippen LogP contribution in [0, 0.1) is 0 Å². The van der Waals surface area contributed by atoms with Crippen molar-refractivity contribution in [2.75, 3.05) is 24.3 Å². The molecule has 2 aromatic carbocycles. The van der Waals surface area contributed by atoms with Gasteiger partial charge in [-0.2, -0.15) is 10.2 Å². The summed E-state index contributed by atoms with van der Waals surface area (Å²) >= 11 is 0. The molecule has 0 aliphatic rings. The summed E-state index contributed by atoms with van der Waals surface area (Å²) in [5.74, 6) is 0.494. The van der Waals surface area contributed by atoms with E-state index in [0.717, 1.165) is 11.3 Å². The summed E-state index contributed by atoms with van der Waals surface area (Å²) in [5, 5.41) is 12.0. The van der Waals surface area contributed by atoms with E-state index in [-0.39, 0.29) is 17.8 Å². The molecule has 8 nitrogen and oxygen atoms in total. The van der Waals surface area contributed by atoms with E-state index in [1.165, 1.54) is 6.20 Å². The number of carbonyl (C=O) groups excluding carboxylic acids is 1. The lowest BCUT2D eigenvalue weighted by molar-refractivity contribution is -0.116. The molecule has 0 unspecified atom stereocenters. The first-order valence-electron chi connectivity index (χ1n) is 10.0. The zero-order valence-electron chi connectivity index (χ0n) is 17.5. The highest BCUT2D eigenvalue weighted by Crippen LogP contribution is 2.15. The van der Waals surface area contributed by atoms with Crippen molar-refractivity contribution in [3.63, 3.8) is 0 Å². The van der Waals surface area contributed by atoms with E-state index in [9.17, 15) is 9.59 Å². The highest BCUT2D eigenvalue weighted by Gasteiger charge is 2.10. The third-order valence-electron chi connectivity index (χ3n) is 5.08. The Morgan fingerprint density at radius 3 is 2.55 bits per heavy atom. The number of fused-ring (bicyclic) bond motifs is 1. The summed E-state index contributed by atoms with van der Waals surface area (Å²) in [6, 6.07) is 17.2. The number of anilines is 2. The van der Waals surface area contributed by atoms with Crippen molar-refractivity contribution in [1.29, 1.82) is 0 Å². The Labute approximate surface area is 179 Å². The van der Waals surface area contributed by atoms with E-state index in [1.54, 1.807) is 27.7 Å². The van der Waals surface area contributed by atoms with Gasteiger partial charge in [-0.3, -0.25) is 14.3 Å². The molecule has 0 spiro atoms. The van der Waals surface area contributed by atoms with Crippen molar-refractivity contribution in [3.8, 4) is 0 Å². The molecule has 0 aliphatic heterocycles. The molecule has 4 aromatic rings. The van der Waals surface area contributed by atoms with Crippen LogP contribution in [-0.2, 0) is 17.9 Å². The van der Waals surface area contributed by atoms with Crippen LogP contribution in [0.15, 0.2) is 71.8 Å². The molecule has 0 saturated heterocycles. The Balaban J connectivity index is 1.41. The van der Waals surface area contributed by atoms with Crippen molar-refractivity contribution in [2.45, 2.75) is 19.5 Å². The van der Waals surface area contributed by atoms with Gasteiger partial charge in [0.05, 0.1) is 31.0 Å². The second-order valence-electron chi connectivity index (χ2n) is 7.48. The minimum atomic E-state index is -0.144. The fourth-order valence-electron chi connectivity index (χ4n) is 3.39. The number of hydrogen-bond donors (Lipinski definition) is 1. The van der Waals surface area contributed by atoms with Gasteiger partial charge in [0.1, 0.15) is 5.82 Å². The van der Waals surface area contributed by atoms with E-state index >= 15 is 0 Å². The third-order valence-corrected chi connectivity index (χ3v) is 5.08. The lowest BCUT2D eigenvalue weighted by atomic mass is 10.2. The van der Waals surface area contributed by atoms with Gasteiger partial charge in [-0.1, -0.05) is 24.3 Å². The Kier molecular flexibility index (Phi) is 5.79. The van der Waals surface area contributed by atoms with Gasteiger partial charge in [0.15, 0.2) is 0 Å². The first kappa shape index (κ1) is 20.3. The number of para-hydroxylation sites is 1. The molecule has 1 amide bonds. The average Bonchev–Trinajstić information content (AvgIpc) is 3.20. The second-order valence-corrected chi connectivity index (χ2v) is 7.48. The molecule has 158 valence electrons. The number of nitrogens with one attached hydrogen (secondary N) is 1. The van der Waals surface area contributed by atoms with Crippen molar-refractivity contribution in [2.24, 2.45) is 0 Å². The number of nitrogens with zero attached hydrogens (tertiary/aromatic N) is 5. The smallest absolute Gasteiger partial charge is 0.227 e. The molecule has 2 aromatic heterocycles. The van der Waals surface area contributed by atoms with Crippen LogP contribution in [0.3, 0.4) is 0 Å². The number of hydrogen-bond acceptors (Lipinski definition) is 5. The van der Waals surface area contributed by atoms with Crippen molar-refractivity contribution in [3.05, 3.63) is 82.8 Å². The molecular formula is C23H24N6O2. The van der Waals surface area contributed by atoms with Gasteiger partial charge < -0.3 is 10.2 Å². The molecule has 0 saturated carbocycles. The number of amides is 1. The first-order valence-corrected chi connectivity index (χ1v) is 10.0. The fraction of sp³-hybridized carbons (Fsp3) is 0.217. The number of aromatic nitrogens is 4. The summed E-state index contributed by atoms with van der Waals surface area (Å²) in [5.41, 5.74) is 2.81. The van der Waals surface area contributed by atoms with Gasteiger partial charge in [0, 0.05) is 37.7 Å². The monoisotopic (exact) mass is 416 g/mol. The second kappa shape index (κ2) is 8.83. The van der Waals surface area contributed by atoms with Gasteiger partial charge in [0.25, 0.3) is 0 Å². The van der Waals surface area contributed by atoms with Crippen molar-refractivity contribution in [1.82, 2.24) is 19.6 Å². The largest absolute Gasteiger partial charge is 0.378 e. The Bertz CT molecular complexity index is 1260. The summed E-state index contributed by atoms with van der Waals surface area (Å²) in [4.78, 5) is 26.5. The van der Waals surface area contributed by atoms with E-state index in [2.05, 4.69) is 39.8 Å². The van der Waals surface area contributed by atoms with E-state index in [4.69, 9.17) is 0 Å². The van der Waals surface area contributed by atoms with E-state index < -0.39 is 0 Å². The van der Waals surface area contributed by atoms with Gasteiger partial charge >= 0.3 is 0 Å². The molecule has 0 atom stereocenters. The van der Waals surface area contributed by atoms with Crippen LogP contribution in [0.2, 0.25) is 0 Å². The van der Waals surface area contributed by atoms with Crippen LogP contribution in [0.25, 0.3) is 10.9 Å². The normalized spacial score (nSPS) is 10.9. The topological polar surface area (TPSA) is 85.1 Å². The van der Waals surface area contributed by atoms with Crippen LogP contribution < -0.4 is 15.6 Å². The van der Waals surface area contributed by atoms with E-state index in [0.29, 0.717) is 29.8 Å². The average molecular weight is 416 g/mol. The van der Waals surface area contributed by atoms with Gasteiger partial charge in [-0.15, -0.1) is 0 Å². The molecule has 4 rings (SSSR count). The summed E-state index contributed by atoms with van der Waals surface area (Å²) in [7, 11) is 4.00. The van der Waals surface area contributed by atoms with Crippen LogP contribution >= 0.6 is 0 Å². The molecule has 1 N–H and O–H groups in total. The fourth-order valence-corrected chi connectivity index (χ4v) is 3.39. The molecule has 0 bridgehead atoms. The Hall–Kier alpha value is -3.94. The lowest BCUT2D eigenvalue weighted by Crippen LogP contribution is -2.19. The van der Waals surface area contributed by atoms with Crippen LogP contribution in [0.5, 0.6) is 0 Å². The van der Waals surface area contributed by atoms with Crippen LogP contribution in [0.4, 0.5) is 11.5 Å². The molecule has 8 heteroatoms. The number of benzene rings is 2. The van der Waals surface area contributed by atoms with Gasteiger partial charge in [0.2, 0.25) is 11.3 Å². The lowest BCUT2D eigenvalue weighted by Gasteiger charge is -2.13. The van der Waals surface area contributed by atoms with Gasteiger partial charge in [-0.05, 0) is 29.8 Å². The summed E-state index contributed by atoms with van der Waals surface area (Å²) in [6.45, 7) is 0.926. The maximum absolute atomic E-state index is 12.6. The van der Waals surface area contributed by atoms with Crippen molar-refractivity contribution < 1.29 is 4.79 Å². The zero-order chi connectivity index (χ0) is 21.8. The first-order chi connectivity index (χ1) is 15.0. The molecule has 31 heavy (non-hydrogen) atoms. The highest BCUT2D eigenvalue weighted by molar-refractivity contribution is 5.90. The maximum atomic E-state index is 12.6. The highest BCUT2D eigenvalue weighted by atomic mass is 16.1. The molecule has 0 radical (unpaired) electrons. The SMILES string of the molecule is CN(C)c1ccc(Cn2nccc2NC(=O)CCn2ncc(=O)c3ccccc32)cc1. The number of aryl methyl sites for hydroxylation is 1. The molecule has 2 heterocycles. The summed E-state index contributed by atoms with van der Waals surface area (Å²) < 4.78 is 3.44. The summed E-state index contributed by atoms with van der Waals surface area (Å²) in [6.07, 6.45) is 3.18. The molecule has 0 aliphatic carbocycles. The third kappa shape index (κ3) is 4.63. The maximum Gasteiger partial charge on any atom is 0.227 e. The minimum Gasteiger partial charge on any atom is -0.378 e. The quantitative estimate of drug-likeness (QED) is 0.501. The standard InChI is InChI=1S/C23H24N6O2/c1-27(2)18-9-7-17(8-10-18)16-29-22(11-13-24-29)26-23(31)12-14-28-20-6-4-3-5-19(20)21(30)15-25-28/h3-11,13,15H,12,14,16H2,1-2H3,(H,26,31). The van der Waals surface area contributed by atoms with Crippen LogP contribution in [-0.4, -0.2) is 39.6 Å². The predicted octanol–water partition coefficient (Wildman–Crippen LogP) is 2.74. The predicted molar refractivity (Wildman–Crippen MR) is 121 cm³/mol. The minimum absolute atomic E-state index is 0.126. The van der Waals surface area contributed by atoms with Gasteiger partial charge in [-0.25, -0.2) is 4.68 Å². The number of rotatable bonds is 7. The number of carbonyl (C=O) groups is 1. The zero-order valence-corrected chi connectivity index (χ0v) is 17.5. The Morgan fingerprint density at radius 2 is 1.77 bits per heavy atom. The van der Waals surface area contributed by atoms with E-state index in [1.807, 2.05) is 37.2 Å². The van der Waals surface area contributed by atoms with Crippen molar-refractivity contribution >= 4 is 28.3 Å². The van der Waals surface area contributed by atoms with Crippen LogP contribution in [0.1, 0.15) is 12.0 Å².